The molecule has 0 bridgehead atoms. The second kappa shape index (κ2) is 8.92. The Morgan fingerprint density at radius 3 is 1.73 bits per heavy atom. The van der Waals surface area contributed by atoms with Gasteiger partial charge in [0.1, 0.15) is 11.2 Å². The van der Waals surface area contributed by atoms with E-state index in [0.717, 1.165) is 33.7 Å². The maximum atomic E-state index is 6.47. The maximum Gasteiger partial charge on any atom is 0.143 e. The minimum Gasteiger partial charge on any atom is -0.455 e. The monoisotopic (exact) mass is 558 g/mol. The van der Waals surface area contributed by atoms with Gasteiger partial charge in [-0.2, -0.15) is 0 Å². The smallest absolute Gasteiger partial charge is 0.143 e. The Kier molecular flexibility index (Phi) is 4.84. The van der Waals surface area contributed by atoms with Crippen molar-refractivity contribution in [1.82, 2.24) is 0 Å². The fraction of sp³-hybridized carbons (Fsp3) is 0.0233. The lowest BCUT2D eigenvalue weighted by Gasteiger charge is -2.18. The van der Waals surface area contributed by atoms with Crippen LogP contribution in [-0.4, -0.2) is 0 Å². The van der Waals surface area contributed by atoms with E-state index in [-0.39, 0.29) is 0 Å². The molecule has 1 aromatic heterocycles. The van der Waals surface area contributed by atoms with E-state index in [0.29, 0.717) is 0 Å². The Morgan fingerprint density at radius 1 is 0.386 bits per heavy atom. The van der Waals surface area contributed by atoms with E-state index in [1.54, 1.807) is 0 Å². The molecule has 0 amide bonds. The van der Waals surface area contributed by atoms with Gasteiger partial charge in [0.15, 0.2) is 0 Å². The molecule has 0 atom stereocenters. The largest absolute Gasteiger partial charge is 0.455 e. The Morgan fingerprint density at radius 2 is 0.977 bits per heavy atom. The van der Waals surface area contributed by atoms with Crippen LogP contribution in [0.3, 0.4) is 0 Å². The van der Waals surface area contributed by atoms with Crippen LogP contribution in [0, 0.1) is 0 Å². The standard InChI is InChI=1S/C43H26O/c1-4-12-32-26(9-1)19-21-37-39-25-30(20-22-40(39)44-43(32)37)42-35-15-7-5-13-33(35)41(34-14-6-8-16-36(34)42)29-18-17-28-23-27-10-2-3-11-31(27)38(28)24-29/h1-22,24-25H,23H2. The summed E-state index contributed by atoms with van der Waals surface area (Å²) < 4.78 is 6.47. The van der Waals surface area contributed by atoms with Crippen LogP contribution in [0.15, 0.2) is 150 Å². The number of hydrogen-bond acceptors (Lipinski definition) is 1. The van der Waals surface area contributed by atoms with Crippen LogP contribution in [0.1, 0.15) is 11.1 Å². The number of fused-ring (bicyclic) bond motifs is 10. The normalized spacial score (nSPS) is 12.5. The van der Waals surface area contributed by atoms with Gasteiger partial charge in [-0.05, 0) is 102 Å². The minimum atomic E-state index is 0.920. The summed E-state index contributed by atoms with van der Waals surface area (Å²) in [6.07, 6.45) is 1.01. The predicted molar refractivity (Wildman–Crippen MR) is 185 cm³/mol. The zero-order valence-corrected chi connectivity index (χ0v) is 24.0. The zero-order chi connectivity index (χ0) is 28.8. The molecule has 0 aliphatic heterocycles. The molecule has 1 nitrogen and oxygen atoms in total. The topological polar surface area (TPSA) is 13.1 Å². The van der Waals surface area contributed by atoms with Gasteiger partial charge in [0.25, 0.3) is 0 Å². The quantitative estimate of drug-likeness (QED) is 0.192. The Labute approximate surface area is 254 Å². The van der Waals surface area contributed by atoms with E-state index in [4.69, 9.17) is 4.42 Å². The zero-order valence-electron chi connectivity index (χ0n) is 24.0. The van der Waals surface area contributed by atoms with E-state index in [1.165, 1.54) is 71.4 Å². The average molecular weight is 559 g/mol. The highest BCUT2D eigenvalue weighted by molar-refractivity contribution is 6.23. The molecule has 9 aromatic rings. The van der Waals surface area contributed by atoms with Crippen molar-refractivity contribution in [3.63, 3.8) is 0 Å². The lowest BCUT2D eigenvalue weighted by Crippen LogP contribution is -1.91. The first-order valence-electron chi connectivity index (χ1n) is 15.3. The van der Waals surface area contributed by atoms with Gasteiger partial charge in [0, 0.05) is 16.2 Å². The van der Waals surface area contributed by atoms with Crippen LogP contribution in [0.25, 0.3) is 87.6 Å². The van der Waals surface area contributed by atoms with E-state index in [1.807, 2.05) is 0 Å². The number of benzene rings is 8. The van der Waals surface area contributed by atoms with E-state index < -0.39 is 0 Å². The van der Waals surface area contributed by atoms with Gasteiger partial charge < -0.3 is 4.42 Å². The summed E-state index contributed by atoms with van der Waals surface area (Å²) >= 11 is 0. The fourth-order valence-corrected chi connectivity index (χ4v) is 7.69. The molecule has 204 valence electrons. The summed E-state index contributed by atoms with van der Waals surface area (Å²) in [5.41, 5.74) is 12.5. The first-order chi connectivity index (χ1) is 21.8. The van der Waals surface area contributed by atoms with Crippen LogP contribution in [-0.2, 0) is 6.42 Å². The first-order valence-corrected chi connectivity index (χ1v) is 15.3. The molecule has 1 aliphatic carbocycles. The molecule has 0 radical (unpaired) electrons. The molecular weight excluding hydrogens is 532 g/mol. The number of furan rings is 1. The van der Waals surface area contributed by atoms with Crippen molar-refractivity contribution in [3.8, 4) is 33.4 Å². The van der Waals surface area contributed by atoms with Gasteiger partial charge in [-0.3, -0.25) is 0 Å². The van der Waals surface area contributed by atoms with Gasteiger partial charge in [-0.15, -0.1) is 0 Å². The maximum absolute atomic E-state index is 6.47. The van der Waals surface area contributed by atoms with Crippen molar-refractivity contribution in [2.24, 2.45) is 0 Å². The van der Waals surface area contributed by atoms with Crippen molar-refractivity contribution in [3.05, 3.63) is 157 Å². The van der Waals surface area contributed by atoms with Crippen LogP contribution < -0.4 is 0 Å². The third-order valence-corrected chi connectivity index (χ3v) is 9.67. The molecule has 10 rings (SSSR count). The van der Waals surface area contributed by atoms with Crippen LogP contribution in [0.4, 0.5) is 0 Å². The van der Waals surface area contributed by atoms with Crippen molar-refractivity contribution >= 4 is 54.3 Å². The van der Waals surface area contributed by atoms with Crippen molar-refractivity contribution in [2.75, 3.05) is 0 Å². The minimum absolute atomic E-state index is 0.920. The van der Waals surface area contributed by atoms with Crippen LogP contribution >= 0.6 is 0 Å². The van der Waals surface area contributed by atoms with Gasteiger partial charge in [0.05, 0.1) is 0 Å². The second-order valence-corrected chi connectivity index (χ2v) is 12.0. The molecule has 0 N–H and O–H groups in total. The Hall–Kier alpha value is -5.66. The SMILES string of the molecule is c1ccc2c(c1)Cc1ccc(-c3c4ccccc4c(-c4ccc5oc6c7ccccc7ccc6c5c4)c4ccccc34)cc1-2. The fourth-order valence-electron chi connectivity index (χ4n) is 7.69. The third-order valence-electron chi connectivity index (χ3n) is 9.67. The Balaban J connectivity index is 1.25. The molecule has 0 fully saturated rings. The molecule has 1 heterocycles. The van der Waals surface area contributed by atoms with Gasteiger partial charge in [-0.25, -0.2) is 0 Å². The Bertz CT molecular complexity index is 2580. The third kappa shape index (κ3) is 3.30. The van der Waals surface area contributed by atoms with E-state index in [2.05, 4.69) is 146 Å². The molecule has 1 aliphatic rings. The van der Waals surface area contributed by atoms with Gasteiger partial charge >= 0.3 is 0 Å². The summed E-state index contributed by atoms with van der Waals surface area (Å²) in [6.45, 7) is 0. The highest BCUT2D eigenvalue weighted by Gasteiger charge is 2.22. The first kappa shape index (κ1) is 23.9. The van der Waals surface area contributed by atoms with Crippen molar-refractivity contribution < 1.29 is 4.42 Å². The van der Waals surface area contributed by atoms with Crippen molar-refractivity contribution in [2.45, 2.75) is 6.42 Å². The molecule has 0 saturated carbocycles. The van der Waals surface area contributed by atoms with E-state index >= 15 is 0 Å². The predicted octanol–water partition coefficient (Wildman–Crippen LogP) is 12.0. The molecule has 44 heavy (non-hydrogen) atoms. The lowest BCUT2D eigenvalue weighted by molar-refractivity contribution is 0.672. The highest BCUT2D eigenvalue weighted by atomic mass is 16.3. The van der Waals surface area contributed by atoms with E-state index in [9.17, 15) is 0 Å². The van der Waals surface area contributed by atoms with Gasteiger partial charge in [-0.1, -0.05) is 121 Å². The van der Waals surface area contributed by atoms with Crippen LogP contribution in [0.2, 0.25) is 0 Å². The highest BCUT2D eigenvalue weighted by Crippen LogP contribution is 2.47. The van der Waals surface area contributed by atoms with Gasteiger partial charge in [0.2, 0.25) is 0 Å². The molecule has 8 aromatic carbocycles. The average Bonchev–Trinajstić information content (AvgIpc) is 3.65. The molecule has 0 saturated heterocycles. The summed E-state index contributed by atoms with van der Waals surface area (Å²) in [4.78, 5) is 0. The molecule has 0 spiro atoms. The molecular formula is C43H26O. The molecule has 1 heteroatoms. The summed E-state index contributed by atoms with van der Waals surface area (Å²) in [5.74, 6) is 0. The summed E-state index contributed by atoms with van der Waals surface area (Å²) in [6, 6.07) is 53.3. The lowest BCUT2D eigenvalue weighted by atomic mass is 9.85. The summed E-state index contributed by atoms with van der Waals surface area (Å²) in [5, 5.41) is 9.73. The van der Waals surface area contributed by atoms with Crippen molar-refractivity contribution in [1.29, 1.82) is 0 Å². The number of rotatable bonds is 2. The summed E-state index contributed by atoms with van der Waals surface area (Å²) in [7, 11) is 0. The molecule has 0 unspecified atom stereocenters. The second-order valence-electron chi connectivity index (χ2n) is 12.0. The number of hydrogen-bond donors (Lipinski definition) is 0. The van der Waals surface area contributed by atoms with Crippen LogP contribution in [0.5, 0.6) is 0 Å².